The molecule has 0 saturated carbocycles. The van der Waals surface area contributed by atoms with E-state index in [0.29, 0.717) is 41.5 Å². The average Bonchev–Trinajstić information content (AvgIpc) is 3.51. The summed E-state index contributed by atoms with van der Waals surface area (Å²) in [6.07, 6.45) is 0. The summed E-state index contributed by atoms with van der Waals surface area (Å²) in [5, 5.41) is 10.8. The van der Waals surface area contributed by atoms with Crippen molar-refractivity contribution in [3.05, 3.63) is 69.8 Å². The average molecular weight is 594 g/mol. The van der Waals surface area contributed by atoms with Crippen LogP contribution in [0.4, 0.5) is 10.2 Å². The maximum absolute atomic E-state index is 14.5. The van der Waals surface area contributed by atoms with Crippen LogP contribution >= 0.6 is 22.9 Å². The summed E-state index contributed by atoms with van der Waals surface area (Å²) in [6.45, 7) is 2.03. The maximum Gasteiger partial charge on any atom is 0.272 e. The van der Waals surface area contributed by atoms with Crippen molar-refractivity contribution in [3.63, 3.8) is 0 Å². The van der Waals surface area contributed by atoms with E-state index >= 15 is 0 Å². The van der Waals surface area contributed by atoms with E-state index in [1.54, 1.807) is 0 Å². The number of amides is 1. The fourth-order valence-electron chi connectivity index (χ4n) is 4.26. The summed E-state index contributed by atoms with van der Waals surface area (Å²) < 4.78 is 55.5. The number of nitrogens with zero attached hydrogens (tertiary/aromatic N) is 2. The van der Waals surface area contributed by atoms with Crippen LogP contribution < -0.4 is 20.1 Å². The van der Waals surface area contributed by atoms with Crippen molar-refractivity contribution in [3.8, 4) is 5.75 Å². The van der Waals surface area contributed by atoms with E-state index in [2.05, 4.69) is 20.5 Å². The maximum atomic E-state index is 14.5. The molecule has 0 unspecified atom stereocenters. The molecule has 2 aromatic heterocycles. The number of sulfonamides is 1. The molecule has 0 spiro atoms. The van der Waals surface area contributed by atoms with Gasteiger partial charge in [-0.25, -0.2) is 12.8 Å². The van der Waals surface area contributed by atoms with Crippen molar-refractivity contribution in [2.24, 2.45) is 0 Å². The summed E-state index contributed by atoms with van der Waals surface area (Å²) in [5.41, 5.74) is 2.01. The second-order valence-electron chi connectivity index (χ2n) is 8.79. The van der Waals surface area contributed by atoms with E-state index in [1.165, 1.54) is 36.1 Å². The number of hydrogen-bond acceptors (Lipinski definition) is 8. The van der Waals surface area contributed by atoms with Gasteiger partial charge in [-0.3, -0.25) is 14.2 Å². The van der Waals surface area contributed by atoms with Crippen LogP contribution in [0.5, 0.6) is 5.75 Å². The van der Waals surface area contributed by atoms with Crippen LogP contribution in [0.15, 0.2) is 52.7 Å². The summed E-state index contributed by atoms with van der Waals surface area (Å²) >= 11 is 6.84. The normalized spacial score (nSPS) is 15.8. The Bertz CT molecular complexity index is 1620. The van der Waals surface area contributed by atoms with Gasteiger partial charge in [-0.2, -0.15) is 5.10 Å². The lowest BCUT2D eigenvalue weighted by Crippen LogP contribution is -2.51. The van der Waals surface area contributed by atoms with Crippen molar-refractivity contribution in [1.82, 2.24) is 20.4 Å². The molecule has 0 radical (unpaired) electrons. The van der Waals surface area contributed by atoms with Crippen LogP contribution in [0.3, 0.4) is 0 Å². The predicted molar refractivity (Wildman–Crippen MR) is 146 cm³/mol. The van der Waals surface area contributed by atoms with Gasteiger partial charge in [0.05, 0.1) is 42.1 Å². The largest absolute Gasteiger partial charge is 0.496 e. The molecule has 39 heavy (non-hydrogen) atoms. The van der Waals surface area contributed by atoms with E-state index in [-0.39, 0.29) is 28.2 Å². The second kappa shape index (κ2) is 11.5. The number of morpholine rings is 1. The monoisotopic (exact) mass is 593 g/mol. The highest BCUT2D eigenvalue weighted by Crippen LogP contribution is 2.36. The smallest absolute Gasteiger partial charge is 0.272 e. The second-order valence-corrected chi connectivity index (χ2v) is 12.4. The summed E-state index contributed by atoms with van der Waals surface area (Å²) in [5.74, 6) is -0.576. The zero-order valence-electron chi connectivity index (χ0n) is 20.7. The number of benzene rings is 2. The van der Waals surface area contributed by atoms with Gasteiger partial charge in [0.2, 0.25) is 5.91 Å². The number of thiophene rings is 1. The number of nitrogens with one attached hydrogen (secondary N) is 3. The predicted octanol–water partition coefficient (Wildman–Crippen LogP) is 3.35. The first kappa shape index (κ1) is 27.3. The zero-order chi connectivity index (χ0) is 27.6. The zero-order valence-corrected chi connectivity index (χ0v) is 23.1. The molecule has 4 aromatic rings. The number of rotatable bonds is 9. The Labute approximate surface area is 233 Å². The van der Waals surface area contributed by atoms with Crippen molar-refractivity contribution >= 4 is 55.6 Å². The van der Waals surface area contributed by atoms with Gasteiger partial charge >= 0.3 is 0 Å². The molecule has 0 aliphatic carbocycles. The summed E-state index contributed by atoms with van der Waals surface area (Å²) in [6, 6.07) is 12.4. The number of ether oxygens (including phenoxy) is 2. The quantitative estimate of drug-likeness (QED) is 0.272. The Hall–Kier alpha value is -3.23. The van der Waals surface area contributed by atoms with Crippen molar-refractivity contribution in [2.75, 3.05) is 31.6 Å². The highest BCUT2D eigenvalue weighted by Gasteiger charge is 2.24. The molecule has 3 heterocycles. The summed E-state index contributed by atoms with van der Waals surface area (Å²) in [7, 11) is -2.63. The van der Waals surface area contributed by atoms with Gasteiger partial charge in [-0.05, 0) is 23.3 Å². The molecule has 2 aromatic carbocycles. The van der Waals surface area contributed by atoms with E-state index in [0.717, 1.165) is 22.5 Å². The molecule has 5 rings (SSSR count). The first-order chi connectivity index (χ1) is 18.7. The highest BCUT2D eigenvalue weighted by molar-refractivity contribution is 7.94. The molecule has 1 atom stereocenters. The van der Waals surface area contributed by atoms with Crippen LogP contribution in [-0.4, -0.2) is 57.0 Å². The van der Waals surface area contributed by atoms with Gasteiger partial charge in [-0.15, -0.1) is 11.3 Å². The first-order valence-corrected chi connectivity index (χ1v) is 14.6. The van der Waals surface area contributed by atoms with Gasteiger partial charge < -0.3 is 20.1 Å². The number of halogens is 2. The van der Waals surface area contributed by atoms with Crippen LogP contribution in [0.25, 0.3) is 10.9 Å². The Kier molecular flexibility index (Phi) is 8.05. The lowest BCUT2D eigenvalue weighted by atomic mass is 10.1. The van der Waals surface area contributed by atoms with Crippen LogP contribution in [-0.2, 0) is 32.6 Å². The van der Waals surface area contributed by atoms with Gasteiger partial charge in [0, 0.05) is 25.2 Å². The van der Waals surface area contributed by atoms with Gasteiger partial charge in [-0.1, -0.05) is 35.9 Å². The molecule has 3 N–H and O–H groups in total. The SMILES string of the molecule is COc1cc(F)cc2c1c(NS(=O)(=O)c1ccc(Cl)s1)nn2Cc1cccc(CNC(=O)[C@H]2COCCN2)c1. The molecule has 10 nitrogen and oxygen atoms in total. The molecule has 1 aliphatic rings. The standard InChI is InChI=1S/C25H25ClFN5O5S2/c1-36-20-11-17(27)10-19-23(20)24(31-39(34,35)22-6-5-21(26)38-22)30-32(19)13-16-4-2-3-15(9-16)12-29-25(33)18-14-37-8-7-28-18/h2-6,9-11,18,28H,7-8,12-14H2,1H3,(H,29,33)(H,30,31)/t18-/m1/s1. The van der Waals surface area contributed by atoms with E-state index < -0.39 is 21.9 Å². The van der Waals surface area contributed by atoms with Crippen LogP contribution in [0.1, 0.15) is 11.1 Å². The molecule has 1 amide bonds. The summed E-state index contributed by atoms with van der Waals surface area (Å²) in [4.78, 5) is 12.4. The third-order valence-corrected chi connectivity index (χ3v) is 9.14. The fourth-order valence-corrected chi connectivity index (χ4v) is 6.76. The van der Waals surface area contributed by atoms with Gasteiger partial charge in [0.1, 0.15) is 21.8 Å². The molecule has 1 fully saturated rings. The van der Waals surface area contributed by atoms with Gasteiger partial charge in [0.25, 0.3) is 10.0 Å². The molecular formula is C25H25ClFN5O5S2. The highest BCUT2D eigenvalue weighted by atomic mass is 35.5. The van der Waals surface area contributed by atoms with Crippen molar-refractivity contribution in [1.29, 1.82) is 0 Å². The Morgan fingerprint density at radius 1 is 1.28 bits per heavy atom. The number of hydrogen-bond donors (Lipinski definition) is 3. The third kappa shape index (κ3) is 6.17. The molecule has 206 valence electrons. The minimum atomic E-state index is -4.01. The van der Waals surface area contributed by atoms with Crippen LogP contribution in [0.2, 0.25) is 4.34 Å². The topological polar surface area (TPSA) is 124 Å². The lowest BCUT2D eigenvalue weighted by Gasteiger charge is -2.22. The van der Waals surface area contributed by atoms with Crippen molar-refractivity contribution in [2.45, 2.75) is 23.3 Å². The first-order valence-electron chi connectivity index (χ1n) is 11.9. The molecule has 14 heteroatoms. The molecule has 1 saturated heterocycles. The number of carbonyl (C=O) groups excluding carboxylic acids is 1. The third-order valence-electron chi connectivity index (χ3n) is 6.07. The van der Waals surface area contributed by atoms with Gasteiger partial charge in [0.15, 0.2) is 5.82 Å². The van der Waals surface area contributed by atoms with E-state index in [4.69, 9.17) is 21.1 Å². The molecule has 0 bridgehead atoms. The van der Waals surface area contributed by atoms with Crippen LogP contribution in [0, 0.1) is 5.82 Å². The minimum absolute atomic E-state index is 0.00279. The molecular weight excluding hydrogens is 569 g/mol. The fraction of sp³-hybridized carbons (Fsp3) is 0.280. The Morgan fingerprint density at radius 3 is 2.82 bits per heavy atom. The number of aromatic nitrogens is 2. The lowest BCUT2D eigenvalue weighted by molar-refractivity contribution is -0.126. The van der Waals surface area contributed by atoms with E-state index in [9.17, 15) is 17.6 Å². The molecule has 1 aliphatic heterocycles. The number of carbonyl (C=O) groups is 1. The van der Waals surface area contributed by atoms with Crippen molar-refractivity contribution < 1.29 is 27.1 Å². The number of anilines is 1. The Balaban J connectivity index is 1.42. The van der Waals surface area contributed by atoms with E-state index in [1.807, 2.05) is 24.3 Å². The number of methoxy groups -OCH3 is 1. The number of fused-ring (bicyclic) bond motifs is 1. The Morgan fingerprint density at radius 2 is 2.10 bits per heavy atom. The minimum Gasteiger partial charge on any atom is -0.496 e.